The number of fused-ring (bicyclic) bond motifs is 1. The van der Waals surface area contributed by atoms with E-state index in [-0.39, 0.29) is 0 Å². The van der Waals surface area contributed by atoms with Crippen molar-refractivity contribution in [1.29, 1.82) is 0 Å². The van der Waals surface area contributed by atoms with E-state index in [0.717, 1.165) is 17.8 Å². The Kier molecular flexibility index (Phi) is 8.69. The molecule has 2 aliphatic carbocycles. The second-order valence-electron chi connectivity index (χ2n) is 7.25. The summed E-state index contributed by atoms with van der Waals surface area (Å²) in [5.74, 6) is 2.88. The molecule has 0 aromatic heterocycles. The topological polar surface area (TPSA) is 0 Å². The van der Waals surface area contributed by atoms with Crippen LogP contribution in [0.2, 0.25) is 0 Å². The molecule has 0 aliphatic heterocycles. The van der Waals surface area contributed by atoms with Gasteiger partial charge in [-0.3, -0.25) is 0 Å². The van der Waals surface area contributed by atoms with Crippen LogP contribution in [0.5, 0.6) is 0 Å². The van der Waals surface area contributed by atoms with Crippen molar-refractivity contribution in [3.63, 3.8) is 0 Å². The second-order valence-corrected chi connectivity index (χ2v) is 7.25. The van der Waals surface area contributed by atoms with Crippen molar-refractivity contribution in [3.8, 4) is 12.8 Å². The third kappa shape index (κ3) is 3.33. The van der Waals surface area contributed by atoms with Gasteiger partial charge in [0.1, 0.15) is 0 Å². The summed E-state index contributed by atoms with van der Waals surface area (Å²) in [6.45, 7) is 16.5. The molecule has 0 nitrogen and oxygen atoms in total. The van der Waals surface area contributed by atoms with Crippen molar-refractivity contribution in [3.05, 3.63) is 0 Å². The summed E-state index contributed by atoms with van der Waals surface area (Å²) < 4.78 is 0. The Morgan fingerprint density at radius 2 is 1.67 bits per heavy atom. The zero-order valence-electron chi connectivity index (χ0n) is 15.8. The molecule has 0 heteroatoms. The molecule has 0 bridgehead atoms. The molecule has 21 heavy (non-hydrogen) atoms. The van der Waals surface area contributed by atoms with Crippen LogP contribution in [-0.2, 0) is 0 Å². The summed E-state index contributed by atoms with van der Waals surface area (Å²) in [6, 6.07) is 0. The van der Waals surface area contributed by atoms with Crippen molar-refractivity contribution in [2.45, 2.75) is 93.4 Å². The van der Waals surface area contributed by atoms with Gasteiger partial charge in [0.15, 0.2) is 0 Å². The molecule has 1 unspecified atom stereocenters. The van der Waals surface area contributed by atoms with Crippen LogP contribution in [0.4, 0.5) is 0 Å². The lowest BCUT2D eigenvalue weighted by molar-refractivity contribution is -0.0577. The van der Waals surface area contributed by atoms with Gasteiger partial charge in [0.05, 0.1) is 0 Å². The van der Waals surface area contributed by atoms with Crippen molar-refractivity contribution < 1.29 is 0 Å². The van der Waals surface area contributed by atoms with E-state index in [1.807, 2.05) is 13.8 Å². The van der Waals surface area contributed by atoms with E-state index in [1.54, 1.807) is 0 Å². The summed E-state index contributed by atoms with van der Waals surface area (Å²) in [6.07, 6.45) is 18.3. The van der Waals surface area contributed by atoms with Gasteiger partial charge in [0.25, 0.3) is 0 Å². The van der Waals surface area contributed by atoms with E-state index in [1.165, 1.54) is 44.9 Å². The highest BCUT2D eigenvalue weighted by Crippen LogP contribution is 2.68. The number of hydrogen-bond acceptors (Lipinski definition) is 0. The molecule has 2 aliphatic rings. The zero-order chi connectivity index (χ0) is 16.7. The van der Waals surface area contributed by atoms with Crippen molar-refractivity contribution >= 4 is 0 Å². The smallest absolute Gasteiger partial charge is 0.0218 e. The lowest BCUT2D eigenvalue weighted by Gasteiger charge is -2.55. The van der Waals surface area contributed by atoms with Gasteiger partial charge in [-0.1, -0.05) is 67.7 Å². The van der Waals surface area contributed by atoms with E-state index < -0.39 is 0 Å². The van der Waals surface area contributed by atoms with Gasteiger partial charge in [-0.05, 0) is 54.3 Å². The summed E-state index contributed by atoms with van der Waals surface area (Å²) >= 11 is 0. The summed E-state index contributed by atoms with van der Waals surface area (Å²) in [5, 5.41) is 0. The molecule has 0 aromatic rings. The Morgan fingerprint density at radius 1 is 1.10 bits per heavy atom. The molecule has 0 amide bonds. The standard InChI is InChI=1S/C17H32.C2H6.C2H2/c1-6-13(3)15-10-12-17(7-2)14(4)9-8-11-16(15,17)5;2*1-2/h13-15H,6-12H2,1-5H3;1-2H3;1-2H/t13-,14+,15?,16-,17+;;/m1../s1. The van der Waals surface area contributed by atoms with E-state index >= 15 is 0 Å². The van der Waals surface area contributed by atoms with Crippen LogP contribution < -0.4 is 0 Å². The fourth-order valence-corrected chi connectivity index (χ4v) is 5.81. The van der Waals surface area contributed by atoms with Crippen LogP contribution in [0.15, 0.2) is 0 Å². The monoisotopic (exact) mass is 292 g/mol. The number of rotatable bonds is 3. The first-order chi connectivity index (χ1) is 10.0. The van der Waals surface area contributed by atoms with Crippen molar-refractivity contribution in [1.82, 2.24) is 0 Å². The highest BCUT2D eigenvalue weighted by molar-refractivity contribution is 5.09. The fourth-order valence-electron chi connectivity index (χ4n) is 5.81. The van der Waals surface area contributed by atoms with Crippen LogP contribution in [0, 0.1) is 41.4 Å². The average Bonchev–Trinajstić information content (AvgIpc) is 2.85. The molecule has 124 valence electrons. The number of terminal acetylenes is 1. The Labute approximate surface area is 135 Å². The molecule has 0 aromatic carbocycles. The largest absolute Gasteiger partial charge is 0.124 e. The van der Waals surface area contributed by atoms with E-state index in [2.05, 4.69) is 47.5 Å². The minimum Gasteiger partial charge on any atom is -0.124 e. The van der Waals surface area contributed by atoms with E-state index in [0.29, 0.717) is 10.8 Å². The Balaban J connectivity index is 0.000000921. The first-order valence-corrected chi connectivity index (χ1v) is 9.35. The maximum absolute atomic E-state index is 4.00. The fraction of sp³-hybridized carbons (Fsp3) is 0.905. The van der Waals surface area contributed by atoms with Gasteiger partial charge < -0.3 is 0 Å². The highest BCUT2D eigenvalue weighted by Gasteiger charge is 2.59. The third-order valence-corrected chi connectivity index (χ3v) is 7.10. The van der Waals surface area contributed by atoms with Gasteiger partial charge in [-0.25, -0.2) is 0 Å². The van der Waals surface area contributed by atoms with Crippen LogP contribution in [0.25, 0.3) is 0 Å². The zero-order valence-corrected chi connectivity index (χ0v) is 15.8. The second kappa shape index (κ2) is 8.87. The number of hydrogen-bond donors (Lipinski definition) is 0. The molecular weight excluding hydrogens is 252 g/mol. The van der Waals surface area contributed by atoms with Gasteiger partial charge in [-0.2, -0.15) is 0 Å². The highest BCUT2D eigenvalue weighted by atomic mass is 14.6. The molecule has 0 radical (unpaired) electrons. The van der Waals surface area contributed by atoms with Gasteiger partial charge in [0, 0.05) is 0 Å². The molecule has 5 atom stereocenters. The van der Waals surface area contributed by atoms with Gasteiger partial charge in [-0.15, -0.1) is 12.8 Å². The lowest BCUT2D eigenvalue weighted by atomic mass is 9.50. The molecule has 0 saturated heterocycles. The Bertz CT molecular complexity index is 302. The Hall–Kier alpha value is -0.440. The van der Waals surface area contributed by atoms with Crippen LogP contribution in [0.3, 0.4) is 0 Å². The van der Waals surface area contributed by atoms with E-state index in [4.69, 9.17) is 0 Å². The summed E-state index contributed by atoms with van der Waals surface area (Å²) in [5.41, 5.74) is 1.33. The molecule has 2 rings (SSSR count). The maximum atomic E-state index is 4.00. The molecule has 0 heterocycles. The molecule has 0 N–H and O–H groups in total. The van der Waals surface area contributed by atoms with Gasteiger partial charge in [0.2, 0.25) is 0 Å². The summed E-state index contributed by atoms with van der Waals surface area (Å²) in [7, 11) is 0. The minimum atomic E-state index is 0.648. The van der Waals surface area contributed by atoms with Crippen molar-refractivity contribution in [2.75, 3.05) is 0 Å². The molecule has 2 fully saturated rings. The first kappa shape index (κ1) is 20.6. The van der Waals surface area contributed by atoms with E-state index in [9.17, 15) is 0 Å². The SMILES string of the molecule is C#C.CC.CC[C@@H](C)C1CC[C@@]2(CC)[C@@H](C)CCC[C@]12C. The third-order valence-electron chi connectivity index (χ3n) is 7.10. The summed E-state index contributed by atoms with van der Waals surface area (Å²) in [4.78, 5) is 0. The predicted molar refractivity (Wildman–Crippen MR) is 97.3 cm³/mol. The molecule has 0 spiro atoms. The minimum absolute atomic E-state index is 0.648. The normalized spacial score (nSPS) is 39.1. The quantitative estimate of drug-likeness (QED) is 0.494. The Morgan fingerprint density at radius 3 is 2.14 bits per heavy atom. The lowest BCUT2D eigenvalue weighted by Crippen LogP contribution is -2.47. The van der Waals surface area contributed by atoms with Crippen LogP contribution in [-0.4, -0.2) is 0 Å². The van der Waals surface area contributed by atoms with Crippen LogP contribution >= 0.6 is 0 Å². The molecule has 2 saturated carbocycles. The van der Waals surface area contributed by atoms with Crippen LogP contribution in [0.1, 0.15) is 93.4 Å². The maximum Gasteiger partial charge on any atom is -0.0218 e. The predicted octanol–water partition coefficient (Wildman–Crippen LogP) is 6.94. The van der Waals surface area contributed by atoms with Crippen molar-refractivity contribution in [2.24, 2.45) is 28.6 Å². The first-order valence-electron chi connectivity index (χ1n) is 9.35. The molecular formula is C21H40. The average molecular weight is 293 g/mol. The van der Waals surface area contributed by atoms with Gasteiger partial charge >= 0.3 is 0 Å².